The first-order chi connectivity index (χ1) is 24.7. The lowest BCUT2D eigenvalue weighted by Crippen LogP contribution is -2.71. The van der Waals surface area contributed by atoms with E-state index in [1.54, 1.807) is 37.7 Å². The topological polar surface area (TPSA) is 161 Å². The average Bonchev–Trinajstić information content (AvgIpc) is 3.10. The Morgan fingerprint density at radius 3 is 2.42 bits per heavy atom. The van der Waals surface area contributed by atoms with E-state index in [0.717, 1.165) is 11.3 Å². The van der Waals surface area contributed by atoms with Crippen LogP contribution in [-0.2, 0) is 35.0 Å². The smallest absolute Gasteiger partial charge is 0.345 e. The fourth-order valence-corrected chi connectivity index (χ4v) is 9.28. The van der Waals surface area contributed by atoms with Crippen molar-refractivity contribution in [2.75, 3.05) is 13.7 Å². The Balaban J connectivity index is 1.39. The number of esters is 3. The number of hydrogen-bond acceptors (Lipinski definition) is 12. The van der Waals surface area contributed by atoms with Gasteiger partial charge in [-0.1, -0.05) is 26.0 Å². The first kappa shape index (κ1) is 37.1. The lowest BCUT2D eigenvalue weighted by atomic mass is 9.42. The number of pyridine rings is 1. The van der Waals surface area contributed by atoms with Crippen LogP contribution in [0.4, 0.5) is 0 Å². The Morgan fingerprint density at radius 2 is 1.77 bits per heavy atom. The highest BCUT2D eigenvalue weighted by atomic mass is 16.6. The van der Waals surface area contributed by atoms with Gasteiger partial charge in [-0.15, -0.1) is 0 Å². The van der Waals surface area contributed by atoms with Gasteiger partial charge < -0.3 is 33.2 Å². The standard InChI is InChI=1S/C40H47NO11/c1-23(42)48-22-39(4)30-20-32(51-33(44)11-7-9-25-12-14-27(47-6)15-13-25)40(5)36(38(30,3)17-16-31(39)49-24(2)43)35(45)34-29(52-40)19-28(50-37(34)46)26-10-8-18-41-21-26/h8,10,12-15,18-19,21,30-32,35-36,45H,7,9,11,16-17,20,22H2,1-6H3/t30?,31-,32-,35-,36?,38-,39?,40+/m0/s1. The van der Waals surface area contributed by atoms with Gasteiger partial charge in [-0.3, -0.25) is 19.4 Å². The molecule has 278 valence electrons. The Bertz CT molecular complexity index is 1860. The summed E-state index contributed by atoms with van der Waals surface area (Å²) in [5, 5.41) is 12.4. The van der Waals surface area contributed by atoms with E-state index < -0.39 is 70.1 Å². The lowest BCUT2D eigenvalue weighted by Gasteiger charge is -2.66. The van der Waals surface area contributed by atoms with Gasteiger partial charge in [-0.05, 0) is 80.2 Å². The maximum Gasteiger partial charge on any atom is 0.345 e. The largest absolute Gasteiger partial charge is 0.497 e. The number of hydrogen-bond donors (Lipinski definition) is 1. The fourth-order valence-electron chi connectivity index (χ4n) is 9.28. The zero-order valence-corrected chi connectivity index (χ0v) is 30.5. The Kier molecular flexibility index (Phi) is 10.2. The molecule has 0 radical (unpaired) electrons. The Labute approximate surface area is 302 Å². The van der Waals surface area contributed by atoms with Gasteiger partial charge in [0.05, 0.1) is 13.2 Å². The number of fused-ring (bicyclic) bond motifs is 4. The van der Waals surface area contributed by atoms with Crippen LogP contribution in [-0.4, -0.2) is 59.5 Å². The predicted molar refractivity (Wildman–Crippen MR) is 187 cm³/mol. The molecule has 3 aromatic rings. The van der Waals surface area contributed by atoms with Gasteiger partial charge in [0.1, 0.15) is 47.2 Å². The van der Waals surface area contributed by atoms with Gasteiger partial charge in [0.2, 0.25) is 0 Å². The quantitative estimate of drug-likeness (QED) is 0.200. The van der Waals surface area contributed by atoms with Crippen LogP contribution in [0.15, 0.2) is 64.1 Å². The molecule has 12 nitrogen and oxygen atoms in total. The molecule has 0 amide bonds. The number of ether oxygens (including phenoxy) is 5. The molecule has 6 rings (SSSR count). The van der Waals surface area contributed by atoms with E-state index in [2.05, 4.69) is 4.98 Å². The van der Waals surface area contributed by atoms with Crippen LogP contribution in [0, 0.1) is 22.7 Å². The second-order valence-corrected chi connectivity index (χ2v) is 15.0. The number of aryl methyl sites for hydroxylation is 1. The zero-order chi connectivity index (χ0) is 37.4. The van der Waals surface area contributed by atoms with E-state index in [0.29, 0.717) is 31.2 Å². The third kappa shape index (κ3) is 6.80. The normalized spacial score (nSPS) is 30.4. The van der Waals surface area contributed by atoms with Crippen LogP contribution in [0.2, 0.25) is 0 Å². The van der Waals surface area contributed by atoms with E-state index in [-0.39, 0.29) is 36.5 Å². The molecule has 52 heavy (non-hydrogen) atoms. The molecular weight excluding hydrogens is 670 g/mol. The third-order valence-corrected chi connectivity index (χ3v) is 11.7. The van der Waals surface area contributed by atoms with E-state index in [9.17, 15) is 24.3 Å². The second kappa shape index (κ2) is 14.4. The molecule has 0 spiro atoms. The van der Waals surface area contributed by atoms with Gasteiger partial charge in [-0.25, -0.2) is 4.79 Å². The maximum absolute atomic E-state index is 13.7. The number of aromatic nitrogens is 1. The van der Waals surface area contributed by atoms with Crippen LogP contribution in [0.25, 0.3) is 11.3 Å². The maximum atomic E-state index is 13.7. The number of aliphatic hydroxyl groups is 1. The molecule has 8 atom stereocenters. The summed E-state index contributed by atoms with van der Waals surface area (Å²) in [6.45, 7) is 8.32. The highest BCUT2D eigenvalue weighted by molar-refractivity contribution is 5.70. The summed E-state index contributed by atoms with van der Waals surface area (Å²) in [5.74, 6) is -1.51. The summed E-state index contributed by atoms with van der Waals surface area (Å²) in [6, 6.07) is 12.7. The van der Waals surface area contributed by atoms with Crippen LogP contribution >= 0.6 is 0 Å². The van der Waals surface area contributed by atoms with Crippen molar-refractivity contribution < 1.29 is 47.6 Å². The number of rotatable bonds is 10. The SMILES string of the molecule is COc1ccc(CCCC(=O)O[C@H]2CC3C(C)(COC(C)=O)[C@@H](OC(C)=O)CC[C@]3(C)C3[C@@H](O)c4c(cc(-c5cccnc5)oc4=O)O[C@@]32C)cc1. The van der Waals surface area contributed by atoms with Gasteiger partial charge in [0, 0.05) is 55.6 Å². The third-order valence-electron chi connectivity index (χ3n) is 11.7. The van der Waals surface area contributed by atoms with Crippen LogP contribution in [0.1, 0.15) is 84.0 Å². The minimum Gasteiger partial charge on any atom is -0.497 e. The Morgan fingerprint density at radius 1 is 1.02 bits per heavy atom. The first-order valence-corrected chi connectivity index (χ1v) is 17.8. The van der Waals surface area contributed by atoms with E-state index >= 15 is 0 Å². The molecule has 2 aliphatic carbocycles. The van der Waals surface area contributed by atoms with Crippen molar-refractivity contribution in [3.05, 3.63) is 76.4 Å². The van der Waals surface area contributed by atoms with Gasteiger partial charge in [-0.2, -0.15) is 0 Å². The highest BCUT2D eigenvalue weighted by Crippen LogP contribution is 2.67. The molecular formula is C40H47NO11. The highest BCUT2D eigenvalue weighted by Gasteiger charge is 2.71. The monoisotopic (exact) mass is 717 g/mol. The van der Waals surface area contributed by atoms with Crippen LogP contribution < -0.4 is 15.1 Å². The van der Waals surface area contributed by atoms with Crippen molar-refractivity contribution in [2.24, 2.45) is 22.7 Å². The summed E-state index contributed by atoms with van der Waals surface area (Å²) in [4.78, 5) is 56.0. The van der Waals surface area contributed by atoms with Crippen LogP contribution in [0.3, 0.4) is 0 Å². The summed E-state index contributed by atoms with van der Waals surface area (Å²) in [6.07, 6.45) is 2.67. The molecule has 12 heteroatoms. The minimum absolute atomic E-state index is 0.0228. The molecule has 3 aliphatic rings. The fraction of sp³-hybridized carbons (Fsp3) is 0.525. The van der Waals surface area contributed by atoms with E-state index in [4.69, 9.17) is 28.1 Å². The number of carbonyl (C=O) groups excluding carboxylic acids is 3. The molecule has 1 N–H and O–H groups in total. The molecule has 0 saturated heterocycles. The Hall–Kier alpha value is -4.71. The summed E-state index contributed by atoms with van der Waals surface area (Å²) < 4.78 is 35.6. The number of carbonyl (C=O) groups is 3. The first-order valence-electron chi connectivity index (χ1n) is 17.8. The minimum atomic E-state index is -1.37. The van der Waals surface area contributed by atoms with Gasteiger partial charge in [0.25, 0.3) is 0 Å². The number of benzene rings is 1. The molecule has 3 unspecified atom stereocenters. The van der Waals surface area contributed by atoms with Crippen molar-refractivity contribution in [3.63, 3.8) is 0 Å². The summed E-state index contributed by atoms with van der Waals surface area (Å²) in [5.41, 5.74) is -2.20. The zero-order valence-electron chi connectivity index (χ0n) is 30.5. The summed E-state index contributed by atoms with van der Waals surface area (Å²) >= 11 is 0. The lowest BCUT2D eigenvalue weighted by molar-refractivity contribution is -0.271. The molecule has 2 fully saturated rings. The van der Waals surface area contributed by atoms with Crippen molar-refractivity contribution >= 4 is 17.9 Å². The van der Waals surface area contributed by atoms with Gasteiger partial charge in [0.15, 0.2) is 0 Å². The second-order valence-electron chi connectivity index (χ2n) is 15.0. The van der Waals surface area contributed by atoms with Gasteiger partial charge >= 0.3 is 23.5 Å². The summed E-state index contributed by atoms with van der Waals surface area (Å²) in [7, 11) is 1.61. The van der Waals surface area contributed by atoms with E-state index in [1.807, 2.05) is 45.0 Å². The number of aliphatic hydroxyl groups excluding tert-OH is 1. The van der Waals surface area contributed by atoms with Crippen LogP contribution in [0.5, 0.6) is 11.5 Å². The average molecular weight is 718 g/mol. The molecule has 1 aliphatic heterocycles. The molecule has 2 saturated carbocycles. The molecule has 0 bridgehead atoms. The van der Waals surface area contributed by atoms with Crippen molar-refractivity contribution in [2.45, 2.75) is 97.1 Å². The predicted octanol–water partition coefficient (Wildman–Crippen LogP) is 5.77. The van der Waals surface area contributed by atoms with Crippen molar-refractivity contribution in [1.29, 1.82) is 0 Å². The number of nitrogens with zero attached hydrogens (tertiary/aromatic N) is 1. The number of methoxy groups -OCH3 is 1. The molecule has 3 heterocycles. The molecule has 1 aromatic carbocycles. The van der Waals surface area contributed by atoms with Crippen molar-refractivity contribution in [3.8, 4) is 22.8 Å². The van der Waals surface area contributed by atoms with Crippen molar-refractivity contribution in [1.82, 2.24) is 4.98 Å². The molecule has 2 aromatic heterocycles. The van der Waals surface area contributed by atoms with E-state index in [1.165, 1.54) is 13.8 Å².